The van der Waals surface area contributed by atoms with E-state index in [9.17, 15) is 0 Å². The van der Waals surface area contributed by atoms with E-state index in [4.69, 9.17) is 10.5 Å². The number of pyridine rings is 1. The van der Waals surface area contributed by atoms with Gasteiger partial charge >= 0.3 is 0 Å². The fourth-order valence-electron chi connectivity index (χ4n) is 2.29. The van der Waals surface area contributed by atoms with E-state index in [2.05, 4.69) is 33.9 Å². The Morgan fingerprint density at radius 3 is 3.00 bits per heavy atom. The second-order valence-electron chi connectivity index (χ2n) is 4.94. The highest BCUT2D eigenvalue weighted by molar-refractivity contribution is 9.10. The minimum Gasteiger partial charge on any atom is -0.374 e. The van der Waals surface area contributed by atoms with Crippen molar-refractivity contribution < 1.29 is 4.74 Å². The summed E-state index contributed by atoms with van der Waals surface area (Å²) in [6, 6.07) is 2.10. The summed E-state index contributed by atoms with van der Waals surface area (Å²) in [5, 5.41) is 0. The standard InChI is InChI=1S/C13H19BrN2O/c1-13(4-2-3-5-17-13)12(15)7-10-6-11(14)9-16-8-10/h6,8-9,12H,2-5,7,15H2,1H3. The summed E-state index contributed by atoms with van der Waals surface area (Å²) in [5.41, 5.74) is 7.27. The van der Waals surface area contributed by atoms with Crippen molar-refractivity contribution in [3.05, 3.63) is 28.5 Å². The molecule has 2 atom stereocenters. The van der Waals surface area contributed by atoms with Crippen molar-refractivity contribution in [2.24, 2.45) is 5.73 Å². The lowest BCUT2D eigenvalue weighted by Crippen LogP contribution is -2.50. The third kappa shape index (κ3) is 3.27. The fraction of sp³-hybridized carbons (Fsp3) is 0.615. The van der Waals surface area contributed by atoms with Gasteiger partial charge in [0, 0.05) is 29.5 Å². The predicted octanol–water partition coefficient (Wildman–Crippen LogP) is 2.67. The van der Waals surface area contributed by atoms with Crippen LogP contribution in [0.2, 0.25) is 0 Å². The van der Waals surface area contributed by atoms with Crippen molar-refractivity contribution in [3.63, 3.8) is 0 Å². The van der Waals surface area contributed by atoms with Crippen LogP contribution in [0, 0.1) is 0 Å². The highest BCUT2D eigenvalue weighted by Gasteiger charge is 2.34. The summed E-state index contributed by atoms with van der Waals surface area (Å²) < 4.78 is 6.87. The van der Waals surface area contributed by atoms with Gasteiger partial charge in [-0.1, -0.05) is 0 Å². The smallest absolute Gasteiger partial charge is 0.0807 e. The fourth-order valence-corrected chi connectivity index (χ4v) is 2.70. The summed E-state index contributed by atoms with van der Waals surface area (Å²) in [5.74, 6) is 0. The van der Waals surface area contributed by atoms with E-state index in [1.165, 1.54) is 6.42 Å². The van der Waals surface area contributed by atoms with Gasteiger partial charge in [0.05, 0.1) is 5.60 Å². The molecule has 94 valence electrons. The first-order valence-corrected chi connectivity index (χ1v) is 6.88. The molecule has 1 aromatic heterocycles. The van der Waals surface area contributed by atoms with E-state index >= 15 is 0 Å². The zero-order valence-electron chi connectivity index (χ0n) is 10.2. The van der Waals surface area contributed by atoms with Gasteiger partial charge in [-0.3, -0.25) is 4.98 Å². The van der Waals surface area contributed by atoms with Crippen molar-refractivity contribution in [2.75, 3.05) is 6.61 Å². The maximum atomic E-state index is 6.30. The summed E-state index contributed by atoms with van der Waals surface area (Å²) in [6.45, 7) is 2.96. The van der Waals surface area contributed by atoms with Crippen LogP contribution in [0.15, 0.2) is 22.9 Å². The van der Waals surface area contributed by atoms with Gasteiger partial charge in [0.2, 0.25) is 0 Å². The Morgan fingerprint density at radius 1 is 1.53 bits per heavy atom. The van der Waals surface area contributed by atoms with Gasteiger partial charge in [0.1, 0.15) is 0 Å². The molecular formula is C13H19BrN2O. The van der Waals surface area contributed by atoms with Gasteiger partial charge in [-0.2, -0.15) is 0 Å². The monoisotopic (exact) mass is 298 g/mol. The van der Waals surface area contributed by atoms with Gasteiger partial charge in [-0.25, -0.2) is 0 Å². The molecule has 0 aromatic carbocycles. The molecule has 0 bridgehead atoms. The van der Waals surface area contributed by atoms with Crippen molar-refractivity contribution >= 4 is 15.9 Å². The molecule has 2 heterocycles. The highest BCUT2D eigenvalue weighted by Crippen LogP contribution is 2.28. The van der Waals surface area contributed by atoms with Crippen LogP contribution in [0.3, 0.4) is 0 Å². The molecule has 17 heavy (non-hydrogen) atoms. The third-order valence-corrected chi connectivity index (χ3v) is 3.93. The normalized spacial score (nSPS) is 26.8. The van der Waals surface area contributed by atoms with Crippen LogP contribution in [-0.2, 0) is 11.2 Å². The first-order valence-electron chi connectivity index (χ1n) is 6.09. The molecule has 1 aliphatic heterocycles. The van der Waals surface area contributed by atoms with Crippen LogP contribution < -0.4 is 5.73 Å². The molecule has 2 N–H and O–H groups in total. The van der Waals surface area contributed by atoms with E-state index < -0.39 is 0 Å². The van der Waals surface area contributed by atoms with E-state index in [0.717, 1.165) is 35.9 Å². The molecule has 0 aliphatic carbocycles. The Morgan fingerprint density at radius 2 is 2.35 bits per heavy atom. The average Bonchev–Trinajstić information content (AvgIpc) is 2.30. The van der Waals surface area contributed by atoms with Crippen LogP contribution in [0.1, 0.15) is 31.7 Å². The lowest BCUT2D eigenvalue weighted by molar-refractivity contribution is -0.0808. The molecular weight excluding hydrogens is 280 g/mol. The Bertz CT molecular complexity index is 377. The van der Waals surface area contributed by atoms with Crippen molar-refractivity contribution in [1.29, 1.82) is 0 Å². The molecule has 2 rings (SSSR count). The van der Waals surface area contributed by atoms with E-state index in [-0.39, 0.29) is 11.6 Å². The van der Waals surface area contributed by atoms with Gasteiger partial charge in [-0.05, 0) is 60.2 Å². The SMILES string of the molecule is CC1(C(N)Cc2cncc(Br)c2)CCCCO1. The average molecular weight is 299 g/mol. The summed E-state index contributed by atoms with van der Waals surface area (Å²) >= 11 is 3.43. The van der Waals surface area contributed by atoms with Gasteiger partial charge in [-0.15, -0.1) is 0 Å². The Kier molecular flexibility index (Phi) is 4.17. The molecule has 0 radical (unpaired) electrons. The lowest BCUT2D eigenvalue weighted by atomic mass is 9.85. The molecule has 0 saturated carbocycles. The molecule has 1 aliphatic rings. The molecule has 0 spiro atoms. The minimum absolute atomic E-state index is 0.0268. The van der Waals surface area contributed by atoms with Crippen LogP contribution in [0.4, 0.5) is 0 Å². The Labute approximate surface area is 111 Å². The number of nitrogens with zero attached hydrogens (tertiary/aromatic N) is 1. The van der Waals surface area contributed by atoms with E-state index in [1.807, 2.05) is 6.20 Å². The summed E-state index contributed by atoms with van der Waals surface area (Å²) in [4.78, 5) is 4.16. The first-order chi connectivity index (χ1) is 8.10. The number of hydrogen-bond donors (Lipinski definition) is 1. The molecule has 4 heteroatoms. The van der Waals surface area contributed by atoms with Crippen molar-refractivity contribution in [1.82, 2.24) is 4.98 Å². The lowest BCUT2D eigenvalue weighted by Gasteiger charge is -2.38. The third-order valence-electron chi connectivity index (χ3n) is 3.50. The Balaban J connectivity index is 2.02. The van der Waals surface area contributed by atoms with Crippen LogP contribution in [-0.4, -0.2) is 23.2 Å². The second kappa shape index (κ2) is 5.46. The highest BCUT2D eigenvalue weighted by atomic mass is 79.9. The largest absolute Gasteiger partial charge is 0.374 e. The number of nitrogens with two attached hydrogens (primary N) is 1. The maximum absolute atomic E-state index is 6.30. The number of hydrogen-bond acceptors (Lipinski definition) is 3. The predicted molar refractivity (Wildman–Crippen MR) is 71.8 cm³/mol. The molecule has 1 fully saturated rings. The molecule has 1 aromatic rings. The van der Waals surface area contributed by atoms with Crippen molar-refractivity contribution in [2.45, 2.75) is 44.2 Å². The topological polar surface area (TPSA) is 48.1 Å². The first kappa shape index (κ1) is 13.0. The van der Waals surface area contributed by atoms with Crippen LogP contribution in [0.25, 0.3) is 0 Å². The van der Waals surface area contributed by atoms with Crippen LogP contribution in [0.5, 0.6) is 0 Å². The quantitative estimate of drug-likeness (QED) is 0.933. The van der Waals surface area contributed by atoms with Gasteiger partial charge < -0.3 is 10.5 Å². The molecule has 0 amide bonds. The van der Waals surface area contributed by atoms with Gasteiger partial charge in [0.15, 0.2) is 0 Å². The molecule has 1 saturated heterocycles. The van der Waals surface area contributed by atoms with E-state index in [0.29, 0.717) is 0 Å². The minimum atomic E-state index is -0.180. The zero-order chi connectivity index (χ0) is 12.3. The molecule has 2 unspecified atom stereocenters. The second-order valence-corrected chi connectivity index (χ2v) is 5.86. The van der Waals surface area contributed by atoms with E-state index in [1.54, 1.807) is 6.20 Å². The molecule has 3 nitrogen and oxygen atoms in total. The maximum Gasteiger partial charge on any atom is 0.0807 e. The van der Waals surface area contributed by atoms with Gasteiger partial charge in [0.25, 0.3) is 0 Å². The summed E-state index contributed by atoms with van der Waals surface area (Å²) in [6.07, 6.45) is 7.88. The number of rotatable bonds is 3. The Hall–Kier alpha value is -0.450. The zero-order valence-corrected chi connectivity index (χ0v) is 11.7. The number of ether oxygens (including phenoxy) is 1. The number of aromatic nitrogens is 1. The van der Waals surface area contributed by atoms with Crippen LogP contribution >= 0.6 is 15.9 Å². The van der Waals surface area contributed by atoms with Crippen molar-refractivity contribution in [3.8, 4) is 0 Å². The summed E-state index contributed by atoms with van der Waals surface area (Å²) in [7, 11) is 0. The number of halogens is 1.